The first-order valence-corrected chi connectivity index (χ1v) is 9.29. The van der Waals surface area contributed by atoms with Crippen LogP contribution in [-0.4, -0.2) is 34.3 Å². The van der Waals surface area contributed by atoms with Crippen LogP contribution < -0.4 is 9.47 Å². The molecule has 0 N–H and O–H groups in total. The van der Waals surface area contributed by atoms with Crippen molar-refractivity contribution in [2.24, 2.45) is 0 Å². The number of aromatic nitrogens is 2. The summed E-state index contributed by atoms with van der Waals surface area (Å²) in [5.41, 5.74) is 1.18. The van der Waals surface area contributed by atoms with Gasteiger partial charge in [-0.05, 0) is 36.8 Å². The maximum Gasteiger partial charge on any atom is 0.254 e. The molecule has 8 heteroatoms. The van der Waals surface area contributed by atoms with Crippen molar-refractivity contribution in [2.45, 2.75) is 19.9 Å². The molecule has 2 aromatic carbocycles. The molecule has 3 aromatic rings. The zero-order valence-corrected chi connectivity index (χ0v) is 16.0. The van der Waals surface area contributed by atoms with Gasteiger partial charge in [0.1, 0.15) is 0 Å². The minimum Gasteiger partial charge on any atom is -0.454 e. The fourth-order valence-corrected chi connectivity index (χ4v) is 3.18. The molecule has 4 rings (SSSR count). The highest BCUT2D eigenvalue weighted by atomic mass is 35.5. The molecule has 0 bridgehead atoms. The van der Waals surface area contributed by atoms with Crippen molar-refractivity contribution in [3.8, 4) is 23.0 Å². The van der Waals surface area contributed by atoms with E-state index in [1.807, 2.05) is 19.1 Å². The van der Waals surface area contributed by atoms with Gasteiger partial charge in [-0.2, -0.15) is 0 Å². The second kappa shape index (κ2) is 7.90. The summed E-state index contributed by atoms with van der Waals surface area (Å²) < 4.78 is 16.4. The normalized spacial score (nSPS) is 12.2. The molecule has 0 fully saturated rings. The Balaban J connectivity index is 1.54. The fraction of sp³-hybridized carbons (Fsp3) is 0.250. The predicted octanol–water partition coefficient (Wildman–Crippen LogP) is 4.17. The first-order chi connectivity index (χ1) is 13.7. The van der Waals surface area contributed by atoms with Crippen LogP contribution >= 0.6 is 11.6 Å². The van der Waals surface area contributed by atoms with Crippen LogP contribution in [-0.2, 0) is 6.54 Å². The van der Waals surface area contributed by atoms with E-state index in [1.54, 1.807) is 35.2 Å². The maximum atomic E-state index is 13.0. The summed E-state index contributed by atoms with van der Waals surface area (Å²) in [6, 6.07) is 12.4. The number of halogens is 1. The van der Waals surface area contributed by atoms with Crippen molar-refractivity contribution in [3.05, 3.63) is 58.9 Å². The van der Waals surface area contributed by atoms with Crippen LogP contribution in [0.2, 0.25) is 5.02 Å². The Morgan fingerprint density at radius 1 is 1.14 bits per heavy atom. The van der Waals surface area contributed by atoms with E-state index in [-0.39, 0.29) is 19.2 Å². The smallest absolute Gasteiger partial charge is 0.254 e. The number of hydrogen-bond donors (Lipinski definition) is 0. The van der Waals surface area contributed by atoms with E-state index in [0.717, 1.165) is 6.42 Å². The molecule has 1 aliphatic rings. The minimum absolute atomic E-state index is 0.141. The Labute approximate surface area is 166 Å². The lowest BCUT2D eigenvalue weighted by molar-refractivity contribution is 0.0728. The van der Waals surface area contributed by atoms with Gasteiger partial charge in [-0.25, -0.2) is 0 Å². The van der Waals surface area contributed by atoms with Gasteiger partial charge in [-0.3, -0.25) is 4.79 Å². The van der Waals surface area contributed by atoms with Crippen LogP contribution in [0.25, 0.3) is 11.5 Å². The van der Waals surface area contributed by atoms with Gasteiger partial charge >= 0.3 is 0 Å². The number of rotatable bonds is 6. The SMILES string of the molecule is CCCN(Cc1nnc(-c2ccccc2Cl)o1)C(=O)c1ccc2c(c1)OCO2. The van der Waals surface area contributed by atoms with Gasteiger partial charge < -0.3 is 18.8 Å². The van der Waals surface area contributed by atoms with Crippen LogP contribution in [0.1, 0.15) is 29.6 Å². The molecule has 144 valence electrons. The first kappa shape index (κ1) is 18.3. The molecule has 0 atom stereocenters. The van der Waals surface area contributed by atoms with E-state index < -0.39 is 0 Å². The van der Waals surface area contributed by atoms with E-state index >= 15 is 0 Å². The Morgan fingerprint density at radius 3 is 2.79 bits per heavy atom. The summed E-state index contributed by atoms with van der Waals surface area (Å²) in [6.45, 7) is 2.93. The van der Waals surface area contributed by atoms with E-state index in [2.05, 4.69) is 10.2 Å². The fourth-order valence-electron chi connectivity index (χ4n) is 2.96. The summed E-state index contributed by atoms with van der Waals surface area (Å²) in [7, 11) is 0. The predicted molar refractivity (Wildman–Crippen MR) is 102 cm³/mol. The Bertz CT molecular complexity index is 1000. The third kappa shape index (κ3) is 3.66. The van der Waals surface area contributed by atoms with Gasteiger partial charge in [0.25, 0.3) is 5.91 Å². The van der Waals surface area contributed by atoms with Crippen molar-refractivity contribution in [1.29, 1.82) is 0 Å². The highest BCUT2D eigenvalue weighted by molar-refractivity contribution is 6.33. The van der Waals surface area contributed by atoms with E-state index in [4.69, 9.17) is 25.5 Å². The van der Waals surface area contributed by atoms with Crippen LogP contribution in [0, 0.1) is 0 Å². The van der Waals surface area contributed by atoms with E-state index in [9.17, 15) is 4.79 Å². The molecule has 0 spiro atoms. The highest BCUT2D eigenvalue weighted by Crippen LogP contribution is 2.33. The number of ether oxygens (including phenoxy) is 2. The van der Waals surface area contributed by atoms with Gasteiger partial charge in [-0.1, -0.05) is 30.7 Å². The summed E-state index contributed by atoms with van der Waals surface area (Å²) in [6.07, 6.45) is 0.793. The molecule has 28 heavy (non-hydrogen) atoms. The van der Waals surface area contributed by atoms with Crippen molar-refractivity contribution in [1.82, 2.24) is 15.1 Å². The molecule has 1 aromatic heterocycles. The average molecular weight is 400 g/mol. The standard InChI is InChI=1S/C20H18ClN3O4/c1-2-9-24(20(25)13-7-8-16-17(10-13)27-12-26-16)11-18-22-23-19(28-18)14-5-3-4-6-15(14)21/h3-8,10H,2,9,11-12H2,1H3. The van der Waals surface area contributed by atoms with Crippen LogP contribution in [0.4, 0.5) is 0 Å². The summed E-state index contributed by atoms with van der Waals surface area (Å²) in [4.78, 5) is 14.7. The maximum absolute atomic E-state index is 13.0. The summed E-state index contributed by atoms with van der Waals surface area (Å²) in [5.74, 6) is 1.74. The Morgan fingerprint density at radius 2 is 1.96 bits per heavy atom. The second-order valence-electron chi connectivity index (χ2n) is 6.28. The molecule has 0 unspecified atom stereocenters. The largest absolute Gasteiger partial charge is 0.454 e. The van der Waals surface area contributed by atoms with Gasteiger partial charge in [0.05, 0.1) is 17.1 Å². The van der Waals surface area contributed by atoms with Crippen LogP contribution in [0.3, 0.4) is 0 Å². The number of carbonyl (C=O) groups excluding carboxylic acids is 1. The average Bonchev–Trinajstić information content (AvgIpc) is 3.36. The topological polar surface area (TPSA) is 77.7 Å². The highest BCUT2D eigenvalue weighted by Gasteiger charge is 2.22. The molecular weight excluding hydrogens is 382 g/mol. The monoisotopic (exact) mass is 399 g/mol. The molecule has 0 saturated heterocycles. The molecule has 7 nitrogen and oxygen atoms in total. The zero-order chi connectivity index (χ0) is 19.5. The van der Waals surface area contributed by atoms with Crippen molar-refractivity contribution >= 4 is 17.5 Å². The first-order valence-electron chi connectivity index (χ1n) is 8.92. The number of hydrogen-bond acceptors (Lipinski definition) is 6. The number of fused-ring (bicyclic) bond motifs is 1. The number of amides is 1. The van der Waals surface area contributed by atoms with Gasteiger partial charge in [0, 0.05) is 12.1 Å². The lowest BCUT2D eigenvalue weighted by Gasteiger charge is -2.20. The molecular formula is C20H18ClN3O4. The van der Waals surface area contributed by atoms with Crippen molar-refractivity contribution in [3.63, 3.8) is 0 Å². The molecule has 0 aliphatic carbocycles. The van der Waals surface area contributed by atoms with Crippen molar-refractivity contribution < 1.29 is 18.7 Å². The van der Waals surface area contributed by atoms with Gasteiger partial charge in [0.15, 0.2) is 11.5 Å². The van der Waals surface area contributed by atoms with Crippen molar-refractivity contribution in [2.75, 3.05) is 13.3 Å². The zero-order valence-electron chi connectivity index (χ0n) is 15.2. The van der Waals surface area contributed by atoms with Crippen LogP contribution in [0.15, 0.2) is 46.9 Å². The minimum atomic E-state index is -0.141. The quantitative estimate of drug-likeness (QED) is 0.619. The number of benzene rings is 2. The van der Waals surface area contributed by atoms with Crippen LogP contribution in [0.5, 0.6) is 11.5 Å². The lowest BCUT2D eigenvalue weighted by Crippen LogP contribution is -2.31. The third-order valence-electron chi connectivity index (χ3n) is 4.30. The molecule has 0 saturated carbocycles. The van der Waals surface area contributed by atoms with Gasteiger partial charge in [0.2, 0.25) is 18.6 Å². The summed E-state index contributed by atoms with van der Waals surface area (Å²) in [5, 5.41) is 8.67. The van der Waals surface area contributed by atoms with E-state index in [1.165, 1.54) is 0 Å². The third-order valence-corrected chi connectivity index (χ3v) is 4.63. The van der Waals surface area contributed by atoms with E-state index in [0.29, 0.717) is 46.0 Å². The Hall–Kier alpha value is -3.06. The number of nitrogens with zero attached hydrogens (tertiary/aromatic N) is 3. The molecule has 1 aliphatic heterocycles. The Kier molecular flexibility index (Phi) is 5.16. The second-order valence-corrected chi connectivity index (χ2v) is 6.68. The molecule has 0 radical (unpaired) electrons. The number of carbonyl (C=O) groups is 1. The summed E-state index contributed by atoms with van der Waals surface area (Å²) >= 11 is 6.19. The molecule has 2 heterocycles. The van der Waals surface area contributed by atoms with Gasteiger partial charge in [-0.15, -0.1) is 10.2 Å². The molecule has 1 amide bonds. The lowest BCUT2D eigenvalue weighted by atomic mass is 10.1.